The van der Waals surface area contributed by atoms with Gasteiger partial charge in [-0.05, 0) is 60.1 Å². The van der Waals surface area contributed by atoms with Crippen LogP contribution in [0.1, 0.15) is 49.9 Å². The molecule has 3 heteroatoms. The van der Waals surface area contributed by atoms with E-state index in [2.05, 4.69) is 26.0 Å². The molecule has 0 aliphatic heterocycles. The minimum Gasteiger partial charge on any atom is -0.508 e. The molecule has 124 valence electrons. The zero-order chi connectivity index (χ0) is 16.5. The van der Waals surface area contributed by atoms with E-state index in [1.54, 1.807) is 0 Å². The van der Waals surface area contributed by atoms with Gasteiger partial charge in [0.1, 0.15) is 11.5 Å². The van der Waals surface area contributed by atoms with Gasteiger partial charge in [0, 0.05) is 26.2 Å². The Morgan fingerprint density at radius 3 is 1.17 bits per heavy atom. The number of rotatable bonds is 4. The predicted molar refractivity (Wildman–Crippen MR) is 93.7 cm³/mol. The van der Waals surface area contributed by atoms with E-state index < -0.39 is 0 Å². The Balaban J connectivity index is 0.000000403. The summed E-state index contributed by atoms with van der Waals surface area (Å²) in [7, 11) is 0. The van der Waals surface area contributed by atoms with Crippen LogP contribution in [0.5, 0.6) is 11.5 Å². The first-order valence-electron chi connectivity index (χ1n) is 8.17. The molecule has 0 unspecified atom stereocenters. The zero-order valence-electron chi connectivity index (χ0n) is 14.7. The van der Waals surface area contributed by atoms with E-state index in [0.29, 0.717) is 11.5 Å². The van der Waals surface area contributed by atoms with E-state index in [9.17, 15) is 10.2 Å². The third-order valence-electron chi connectivity index (χ3n) is 3.88. The number of phenols is 2. The first-order valence-corrected chi connectivity index (χ1v) is 8.17. The van der Waals surface area contributed by atoms with Crippen LogP contribution in [0.3, 0.4) is 0 Å². The van der Waals surface area contributed by atoms with Crippen LogP contribution in [0.25, 0.3) is 0 Å². The van der Waals surface area contributed by atoms with Crippen molar-refractivity contribution in [3.63, 3.8) is 0 Å². The van der Waals surface area contributed by atoms with Crippen LogP contribution in [0.2, 0.25) is 0 Å². The van der Waals surface area contributed by atoms with Gasteiger partial charge >= 0.3 is 0 Å². The summed E-state index contributed by atoms with van der Waals surface area (Å²) in [4.78, 5) is 0. The third-order valence-corrected chi connectivity index (χ3v) is 3.88. The van der Waals surface area contributed by atoms with Crippen molar-refractivity contribution in [2.45, 2.75) is 53.4 Å². The fourth-order valence-corrected chi connectivity index (χ4v) is 2.26. The van der Waals surface area contributed by atoms with Gasteiger partial charge in [-0.3, -0.25) is 0 Å². The Labute approximate surface area is 159 Å². The number of aromatic hydroxyl groups is 2. The number of aryl methyl sites for hydroxylation is 4. The molecule has 0 saturated carbocycles. The van der Waals surface area contributed by atoms with Gasteiger partial charge in [0.15, 0.2) is 0 Å². The minimum absolute atomic E-state index is 0. The molecule has 0 heterocycles. The van der Waals surface area contributed by atoms with Gasteiger partial charge < -0.3 is 10.2 Å². The number of hydrogen-bond donors (Lipinski definition) is 2. The van der Waals surface area contributed by atoms with Crippen molar-refractivity contribution < 1.29 is 36.4 Å². The van der Waals surface area contributed by atoms with Crippen LogP contribution in [0, 0.1) is 0 Å². The van der Waals surface area contributed by atoms with Crippen molar-refractivity contribution >= 4 is 0 Å². The molecule has 0 fully saturated rings. The first-order chi connectivity index (χ1) is 10.5. The van der Waals surface area contributed by atoms with Crippen molar-refractivity contribution in [3.05, 3.63) is 58.7 Å². The molecule has 2 aromatic carbocycles. The summed E-state index contributed by atoms with van der Waals surface area (Å²) in [6, 6.07) is 11.8. The maximum Gasteiger partial charge on any atom is 0.119 e. The Hall–Kier alpha value is -1.08. The van der Waals surface area contributed by atoms with Crippen LogP contribution < -0.4 is 0 Å². The summed E-state index contributed by atoms with van der Waals surface area (Å²) in [6.45, 7) is 8.25. The number of benzene rings is 2. The minimum atomic E-state index is 0. The number of phenolic OH excluding ortho intramolecular Hbond substituents is 2. The van der Waals surface area contributed by atoms with Gasteiger partial charge in [0.25, 0.3) is 0 Å². The number of hydrogen-bond acceptors (Lipinski definition) is 2. The van der Waals surface area contributed by atoms with Crippen LogP contribution in [0.15, 0.2) is 36.4 Å². The van der Waals surface area contributed by atoms with Gasteiger partial charge in [0.2, 0.25) is 0 Å². The van der Waals surface area contributed by atoms with Gasteiger partial charge in [0.05, 0.1) is 0 Å². The van der Waals surface area contributed by atoms with E-state index in [4.69, 9.17) is 0 Å². The molecule has 2 N–H and O–H groups in total. The van der Waals surface area contributed by atoms with Gasteiger partial charge in [-0.2, -0.15) is 0 Å². The second-order valence-corrected chi connectivity index (χ2v) is 5.34. The standard InChI is InChI=1S/2C10H14O.Zr/c2*1-3-8-5-6-9(4-2)10(11)7-8;/h2*5-7,11H,3-4H2,1-2H3;. The van der Waals surface area contributed by atoms with Gasteiger partial charge in [-0.25, -0.2) is 0 Å². The largest absolute Gasteiger partial charge is 0.508 e. The molecule has 2 rings (SSSR count). The van der Waals surface area contributed by atoms with Gasteiger partial charge in [-0.1, -0.05) is 52.0 Å². The first kappa shape index (κ1) is 21.9. The van der Waals surface area contributed by atoms with E-state index >= 15 is 0 Å². The summed E-state index contributed by atoms with van der Waals surface area (Å²) in [5.41, 5.74) is 4.45. The molecule has 0 bridgehead atoms. The second-order valence-electron chi connectivity index (χ2n) is 5.34. The molecule has 0 aliphatic carbocycles. The van der Waals surface area contributed by atoms with E-state index in [1.807, 2.05) is 38.1 Å². The van der Waals surface area contributed by atoms with E-state index in [-0.39, 0.29) is 26.2 Å². The summed E-state index contributed by atoms with van der Waals surface area (Å²) in [6.07, 6.45) is 3.76. The molecule has 0 amide bonds. The second kappa shape index (κ2) is 11.5. The van der Waals surface area contributed by atoms with Crippen LogP contribution in [-0.4, -0.2) is 10.2 Å². The SMILES string of the molecule is CCc1ccc(CC)c(O)c1.CCc1ccc(CC)c(O)c1.[Zr]. The van der Waals surface area contributed by atoms with Crippen molar-refractivity contribution in [2.75, 3.05) is 0 Å². The quantitative estimate of drug-likeness (QED) is 0.767. The Kier molecular flexibility index (Phi) is 10.9. The van der Waals surface area contributed by atoms with Crippen LogP contribution in [0.4, 0.5) is 0 Å². The smallest absolute Gasteiger partial charge is 0.119 e. The van der Waals surface area contributed by atoms with Crippen LogP contribution >= 0.6 is 0 Å². The summed E-state index contributed by atoms with van der Waals surface area (Å²) in [5, 5.41) is 18.8. The molecule has 2 aromatic rings. The Morgan fingerprint density at radius 2 is 0.957 bits per heavy atom. The maximum absolute atomic E-state index is 9.42. The molecule has 0 aromatic heterocycles. The van der Waals surface area contributed by atoms with Crippen LogP contribution in [-0.2, 0) is 51.9 Å². The molecule has 23 heavy (non-hydrogen) atoms. The van der Waals surface area contributed by atoms with Crippen molar-refractivity contribution in [1.29, 1.82) is 0 Å². The predicted octanol–water partition coefficient (Wildman–Crippen LogP) is 5.03. The zero-order valence-corrected chi connectivity index (χ0v) is 17.1. The fourth-order valence-electron chi connectivity index (χ4n) is 2.26. The summed E-state index contributed by atoms with van der Waals surface area (Å²) in [5.74, 6) is 0.874. The van der Waals surface area contributed by atoms with Gasteiger partial charge in [-0.15, -0.1) is 0 Å². The Bertz CT molecular complexity index is 541. The Morgan fingerprint density at radius 1 is 0.609 bits per heavy atom. The van der Waals surface area contributed by atoms with Crippen molar-refractivity contribution in [3.8, 4) is 11.5 Å². The molecule has 0 atom stereocenters. The molecule has 2 nitrogen and oxygen atoms in total. The molecule has 0 radical (unpaired) electrons. The molecular weight excluding hydrogens is 363 g/mol. The fraction of sp³-hybridized carbons (Fsp3) is 0.400. The molecular formula is C20H28O2Zr. The monoisotopic (exact) mass is 390 g/mol. The summed E-state index contributed by atoms with van der Waals surface area (Å²) < 4.78 is 0. The molecule has 0 aliphatic rings. The van der Waals surface area contributed by atoms with Crippen molar-refractivity contribution in [1.82, 2.24) is 0 Å². The van der Waals surface area contributed by atoms with Crippen molar-refractivity contribution in [2.24, 2.45) is 0 Å². The average Bonchev–Trinajstić information content (AvgIpc) is 2.55. The molecule has 0 spiro atoms. The topological polar surface area (TPSA) is 40.5 Å². The third kappa shape index (κ3) is 6.91. The van der Waals surface area contributed by atoms with E-state index in [0.717, 1.165) is 36.8 Å². The van der Waals surface area contributed by atoms with E-state index in [1.165, 1.54) is 11.1 Å². The molecule has 0 saturated heterocycles. The normalized spacial score (nSPS) is 9.57. The average molecular weight is 392 g/mol. The maximum atomic E-state index is 9.42. The summed E-state index contributed by atoms with van der Waals surface area (Å²) >= 11 is 0.